The molecule has 0 aliphatic heterocycles. The molecule has 0 saturated carbocycles. The summed E-state index contributed by atoms with van der Waals surface area (Å²) in [6.45, 7) is 5.16. The molecular weight excluding hydrogens is 412 g/mol. The molecule has 0 aliphatic carbocycles. The summed E-state index contributed by atoms with van der Waals surface area (Å²) in [4.78, 5) is 0. The van der Waals surface area contributed by atoms with Crippen LogP contribution >= 0.6 is 0 Å². The topological polar surface area (TPSA) is 56.9 Å². The molecule has 166 valence electrons. The molecule has 2 aromatic heterocycles. The summed E-state index contributed by atoms with van der Waals surface area (Å²) in [5.41, 5.74) is 4.11. The first-order valence-electron chi connectivity index (χ1n) is 10.3. The summed E-state index contributed by atoms with van der Waals surface area (Å²) in [6, 6.07) is 11.4. The van der Waals surface area contributed by atoms with Gasteiger partial charge in [0, 0.05) is 47.9 Å². The van der Waals surface area contributed by atoms with Crippen LogP contribution in [0.3, 0.4) is 0 Å². The van der Waals surface area contributed by atoms with Gasteiger partial charge in [0.15, 0.2) is 5.82 Å². The molecule has 1 atom stereocenters. The van der Waals surface area contributed by atoms with Crippen LogP contribution in [0.25, 0.3) is 5.69 Å². The lowest BCUT2D eigenvalue weighted by Crippen LogP contribution is -2.19. The van der Waals surface area contributed by atoms with Crippen molar-refractivity contribution in [2.45, 2.75) is 33.0 Å². The average molecular weight is 437 g/mol. The summed E-state index contributed by atoms with van der Waals surface area (Å²) in [5, 5.41) is 12.1. The molecule has 4 aromatic rings. The Hall–Kier alpha value is -3.52. The van der Waals surface area contributed by atoms with E-state index in [-0.39, 0.29) is 11.7 Å². The van der Waals surface area contributed by atoms with Crippen molar-refractivity contribution in [1.29, 1.82) is 0 Å². The SMILES string of the molecule is COc1ccc(CNC(C)c2cnn(-c3ccc(F)cc3F)c2C)cc1Cn1cccn1. The molecule has 2 aromatic carbocycles. The van der Waals surface area contributed by atoms with E-state index in [4.69, 9.17) is 4.74 Å². The van der Waals surface area contributed by atoms with Gasteiger partial charge in [0.05, 0.1) is 19.9 Å². The molecule has 1 N–H and O–H groups in total. The molecule has 2 heterocycles. The summed E-state index contributed by atoms with van der Waals surface area (Å²) in [6.07, 6.45) is 5.38. The van der Waals surface area contributed by atoms with Gasteiger partial charge in [0.25, 0.3) is 0 Å². The number of ether oxygens (including phenoxy) is 1. The van der Waals surface area contributed by atoms with Crippen LogP contribution in [0.4, 0.5) is 8.78 Å². The highest BCUT2D eigenvalue weighted by molar-refractivity contribution is 5.39. The predicted octanol–water partition coefficient (Wildman–Crippen LogP) is 4.56. The Balaban J connectivity index is 1.48. The number of aromatic nitrogens is 4. The first-order valence-corrected chi connectivity index (χ1v) is 10.3. The number of hydrogen-bond acceptors (Lipinski definition) is 4. The third kappa shape index (κ3) is 4.55. The Kier molecular flexibility index (Phi) is 6.32. The lowest BCUT2D eigenvalue weighted by atomic mass is 10.1. The average Bonchev–Trinajstić information content (AvgIpc) is 3.42. The van der Waals surface area contributed by atoms with Crippen molar-refractivity contribution in [1.82, 2.24) is 24.9 Å². The minimum absolute atomic E-state index is 0.0241. The van der Waals surface area contributed by atoms with Gasteiger partial charge in [0.1, 0.15) is 17.3 Å². The lowest BCUT2D eigenvalue weighted by Gasteiger charge is -2.16. The molecular formula is C24H25F2N5O. The largest absolute Gasteiger partial charge is 0.496 e. The molecule has 0 amide bonds. The molecule has 8 heteroatoms. The summed E-state index contributed by atoms with van der Waals surface area (Å²) >= 11 is 0. The molecule has 0 radical (unpaired) electrons. The number of rotatable bonds is 8. The molecule has 0 fully saturated rings. The van der Waals surface area contributed by atoms with Gasteiger partial charge in [-0.05, 0) is 49.7 Å². The van der Waals surface area contributed by atoms with Crippen LogP contribution in [-0.4, -0.2) is 26.7 Å². The highest BCUT2D eigenvalue weighted by Crippen LogP contribution is 2.24. The molecule has 0 spiro atoms. The zero-order chi connectivity index (χ0) is 22.7. The van der Waals surface area contributed by atoms with Crippen LogP contribution < -0.4 is 10.1 Å². The Bertz CT molecular complexity index is 1200. The number of hydrogen-bond donors (Lipinski definition) is 1. The second-order valence-corrected chi connectivity index (χ2v) is 7.65. The van der Waals surface area contributed by atoms with E-state index in [1.807, 2.05) is 42.9 Å². The van der Waals surface area contributed by atoms with Crippen molar-refractivity contribution in [3.8, 4) is 11.4 Å². The van der Waals surface area contributed by atoms with Gasteiger partial charge in [-0.1, -0.05) is 6.07 Å². The Morgan fingerprint density at radius 3 is 2.69 bits per heavy atom. The fraction of sp³-hybridized carbons (Fsp3) is 0.250. The van der Waals surface area contributed by atoms with E-state index in [0.29, 0.717) is 13.1 Å². The highest BCUT2D eigenvalue weighted by Gasteiger charge is 2.17. The van der Waals surface area contributed by atoms with E-state index >= 15 is 0 Å². The summed E-state index contributed by atoms with van der Waals surface area (Å²) < 4.78 is 36.3. The van der Waals surface area contributed by atoms with Crippen molar-refractivity contribution >= 4 is 0 Å². The first-order chi connectivity index (χ1) is 15.5. The molecule has 1 unspecified atom stereocenters. The van der Waals surface area contributed by atoms with Crippen LogP contribution in [0.5, 0.6) is 5.75 Å². The predicted molar refractivity (Wildman–Crippen MR) is 118 cm³/mol. The first kappa shape index (κ1) is 21.7. The van der Waals surface area contributed by atoms with Crippen LogP contribution in [-0.2, 0) is 13.1 Å². The molecule has 0 bridgehead atoms. The van der Waals surface area contributed by atoms with Crippen molar-refractivity contribution < 1.29 is 13.5 Å². The van der Waals surface area contributed by atoms with E-state index in [1.54, 1.807) is 19.5 Å². The summed E-state index contributed by atoms with van der Waals surface area (Å²) in [5.74, 6) is -0.445. The molecule has 32 heavy (non-hydrogen) atoms. The van der Waals surface area contributed by atoms with Gasteiger partial charge in [-0.15, -0.1) is 0 Å². The number of nitrogens with one attached hydrogen (secondary N) is 1. The Labute approximate surface area is 185 Å². The monoisotopic (exact) mass is 437 g/mol. The third-order valence-corrected chi connectivity index (χ3v) is 5.50. The molecule has 4 rings (SSSR count). The van der Waals surface area contributed by atoms with Gasteiger partial charge in [-0.2, -0.15) is 10.2 Å². The van der Waals surface area contributed by atoms with E-state index in [2.05, 4.69) is 21.6 Å². The van der Waals surface area contributed by atoms with Crippen molar-refractivity contribution in [2.24, 2.45) is 0 Å². The minimum Gasteiger partial charge on any atom is -0.496 e. The second-order valence-electron chi connectivity index (χ2n) is 7.65. The quantitative estimate of drug-likeness (QED) is 0.439. The molecule has 6 nitrogen and oxygen atoms in total. The number of halogens is 2. The van der Waals surface area contributed by atoms with Gasteiger partial charge in [0.2, 0.25) is 0 Å². The van der Waals surface area contributed by atoms with Crippen LogP contribution in [0.15, 0.2) is 61.1 Å². The van der Waals surface area contributed by atoms with Gasteiger partial charge in [-0.3, -0.25) is 4.68 Å². The van der Waals surface area contributed by atoms with E-state index < -0.39 is 11.6 Å². The van der Waals surface area contributed by atoms with Gasteiger partial charge >= 0.3 is 0 Å². The van der Waals surface area contributed by atoms with Crippen molar-refractivity contribution in [3.63, 3.8) is 0 Å². The van der Waals surface area contributed by atoms with Crippen molar-refractivity contribution in [2.75, 3.05) is 7.11 Å². The van der Waals surface area contributed by atoms with Gasteiger partial charge in [-0.25, -0.2) is 13.5 Å². The summed E-state index contributed by atoms with van der Waals surface area (Å²) in [7, 11) is 1.66. The highest BCUT2D eigenvalue weighted by atomic mass is 19.1. The standard InChI is InChI=1S/C24H25F2N5O/c1-16(21-14-29-31(17(21)2)23-7-6-20(25)12-22(23)26)27-13-18-5-8-24(32-3)19(11-18)15-30-10-4-9-28-30/h4-12,14,16,27H,13,15H2,1-3H3. The Morgan fingerprint density at radius 2 is 1.97 bits per heavy atom. The maximum Gasteiger partial charge on any atom is 0.151 e. The van der Waals surface area contributed by atoms with Crippen LogP contribution in [0.1, 0.15) is 35.3 Å². The number of methoxy groups -OCH3 is 1. The van der Waals surface area contributed by atoms with E-state index in [1.165, 1.54) is 16.8 Å². The zero-order valence-corrected chi connectivity index (χ0v) is 18.2. The second kappa shape index (κ2) is 9.32. The number of benzene rings is 2. The number of nitrogens with zero attached hydrogens (tertiary/aromatic N) is 4. The minimum atomic E-state index is -0.647. The maximum absolute atomic E-state index is 14.2. The van der Waals surface area contributed by atoms with E-state index in [0.717, 1.165) is 34.2 Å². The molecule has 0 aliphatic rings. The lowest BCUT2D eigenvalue weighted by molar-refractivity contribution is 0.407. The fourth-order valence-corrected chi connectivity index (χ4v) is 3.76. The van der Waals surface area contributed by atoms with E-state index in [9.17, 15) is 8.78 Å². The van der Waals surface area contributed by atoms with Gasteiger partial charge < -0.3 is 10.1 Å². The Morgan fingerprint density at radius 1 is 1.12 bits per heavy atom. The van der Waals surface area contributed by atoms with Crippen LogP contribution in [0.2, 0.25) is 0 Å². The van der Waals surface area contributed by atoms with Crippen molar-refractivity contribution in [3.05, 3.63) is 95.1 Å². The molecule has 0 saturated heterocycles. The fourth-order valence-electron chi connectivity index (χ4n) is 3.76. The smallest absolute Gasteiger partial charge is 0.151 e. The normalized spacial score (nSPS) is 12.2. The third-order valence-electron chi connectivity index (χ3n) is 5.50. The van der Waals surface area contributed by atoms with Crippen LogP contribution in [0, 0.1) is 18.6 Å². The zero-order valence-electron chi connectivity index (χ0n) is 18.2. The maximum atomic E-state index is 14.2.